The molecule has 4 heterocycles. The average Bonchev–Trinajstić information content (AvgIpc) is 3.34. The first-order valence-corrected chi connectivity index (χ1v) is 10.2. The van der Waals surface area contributed by atoms with Crippen LogP contribution in [0.5, 0.6) is 17.2 Å². The molecule has 2 aromatic rings. The van der Waals surface area contributed by atoms with Crippen molar-refractivity contribution >= 4 is 5.71 Å². The van der Waals surface area contributed by atoms with E-state index >= 15 is 0 Å². The van der Waals surface area contributed by atoms with E-state index in [1.54, 1.807) is 0 Å². The second-order valence-corrected chi connectivity index (χ2v) is 8.80. The molecule has 0 saturated carbocycles. The zero-order valence-corrected chi connectivity index (χ0v) is 16.7. The summed E-state index contributed by atoms with van der Waals surface area (Å²) < 4.78 is 23.7. The van der Waals surface area contributed by atoms with Gasteiger partial charge in [-0.15, -0.1) is 0 Å². The Kier molecular flexibility index (Phi) is 3.48. The minimum atomic E-state index is -0.487. The molecule has 6 nitrogen and oxygen atoms in total. The highest BCUT2D eigenvalue weighted by molar-refractivity contribution is 6.02. The molecule has 1 saturated heterocycles. The molecule has 6 rings (SSSR count). The van der Waals surface area contributed by atoms with Gasteiger partial charge in [0.05, 0.1) is 24.0 Å². The second kappa shape index (κ2) is 5.89. The van der Waals surface area contributed by atoms with Crippen molar-refractivity contribution in [3.05, 3.63) is 53.6 Å². The number of hydrogen-bond acceptors (Lipinski definition) is 6. The molecule has 0 amide bonds. The maximum atomic E-state index is 6.66. The minimum absolute atomic E-state index is 0.161. The number of rotatable bonds is 1. The second-order valence-electron chi connectivity index (χ2n) is 8.80. The van der Waals surface area contributed by atoms with Gasteiger partial charge in [0.25, 0.3) is 0 Å². The Hall–Kier alpha value is -2.73. The highest BCUT2D eigenvalue weighted by atomic mass is 16.7. The van der Waals surface area contributed by atoms with Gasteiger partial charge in [-0.25, -0.2) is 5.01 Å². The molecule has 4 aliphatic rings. The van der Waals surface area contributed by atoms with Gasteiger partial charge >= 0.3 is 0 Å². The lowest BCUT2D eigenvalue weighted by atomic mass is 9.86. The molecule has 0 radical (unpaired) electrons. The number of hydrazone groups is 1. The molecule has 0 N–H and O–H groups in total. The number of nitrogens with zero attached hydrogens (tertiary/aromatic N) is 2. The van der Waals surface area contributed by atoms with Gasteiger partial charge in [-0.2, -0.15) is 5.10 Å². The van der Waals surface area contributed by atoms with E-state index in [0.717, 1.165) is 47.8 Å². The van der Waals surface area contributed by atoms with Crippen LogP contribution >= 0.6 is 0 Å². The summed E-state index contributed by atoms with van der Waals surface area (Å²) in [5.41, 5.74) is 2.58. The third-order valence-electron chi connectivity index (χ3n) is 6.30. The van der Waals surface area contributed by atoms with E-state index in [9.17, 15) is 0 Å². The number of hydrogen-bond donors (Lipinski definition) is 0. The summed E-state index contributed by atoms with van der Waals surface area (Å²) >= 11 is 0. The van der Waals surface area contributed by atoms with Crippen molar-refractivity contribution in [1.29, 1.82) is 0 Å². The zero-order valence-electron chi connectivity index (χ0n) is 16.7. The first-order chi connectivity index (χ1) is 14.0. The van der Waals surface area contributed by atoms with Crippen LogP contribution in [0.4, 0.5) is 0 Å². The average molecular weight is 392 g/mol. The molecule has 2 unspecified atom stereocenters. The molecule has 2 atom stereocenters. The number of fused-ring (bicyclic) bond motifs is 5. The van der Waals surface area contributed by atoms with E-state index in [4.69, 9.17) is 24.0 Å². The van der Waals surface area contributed by atoms with Crippen molar-refractivity contribution in [2.45, 2.75) is 50.5 Å². The molecule has 150 valence electrons. The molecule has 2 aromatic carbocycles. The van der Waals surface area contributed by atoms with Gasteiger partial charge in [0.15, 0.2) is 11.5 Å². The van der Waals surface area contributed by atoms with Gasteiger partial charge in [-0.3, -0.25) is 0 Å². The van der Waals surface area contributed by atoms with Crippen LogP contribution in [0, 0.1) is 0 Å². The van der Waals surface area contributed by atoms with Crippen LogP contribution in [0.25, 0.3) is 0 Å². The standard InChI is InChI=1S/C23H24N2O4/c1-22(2)13-23(9-10-28-22)25-18(16-5-3-4-6-19(16)29-23)12-17(24-25)15-7-8-20-21(11-15)27-14-26-20/h3-8,11,18H,9-10,12-14H2,1-2H3. The Morgan fingerprint density at radius 3 is 2.79 bits per heavy atom. The van der Waals surface area contributed by atoms with Gasteiger partial charge < -0.3 is 18.9 Å². The predicted molar refractivity (Wildman–Crippen MR) is 107 cm³/mol. The number of benzene rings is 2. The molecule has 1 spiro atoms. The first kappa shape index (κ1) is 17.2. The Bertz CT molecular complexity index is 1020. The fourth-order valence-electron chi connectivity index (χ4n) is 5.05. The van der Waals surface area contributed by atoms with Crippen LogP contribution in [0.2, 0.25) is 0 Å². The lowest BCUT2D eigenvalue weighted by molar-refractivity contribution is -0.212. The summed E-state index contributed by atoms with van der Waals surface area (Å²) in [6, 6.07) is 14.6. The first-order valence-electron chi connectivity index (χ1n) is 10.2. The van der Waals surface area contributed by atoms with Gasteiger partial charge in [0, 0.05) is 30.4 Å². The summed E-state index contributed by atoms with van der Waals surface area (Å²) in [5, 5.41) is 7.33. The molecule has 0 aliphatic carbocycles. The van der Waals surface area contributed by atoms with Crippen LogP contribution in [0.1, 0.15) is 50.3 Å². The van der Waals surface area contributed by atoms with E-state index in [2.05, 4.69) is 43.1 Å². The monoisotopic (exact) mass is 392 g/mol. The summed E-state index contributed by atoms with van der Waals surface area (Å²) in [6.07, 6.45) is 2.39. The number of ether oxygens (including phenoxy) is 4. The summed E-state index contributed by atoms with van der Waals surface area (Å²) in [5.74, 6) is 2.55. The van der Waals surface area contributed by atoms with Gasteiger partial charge in [-0.05, 0) is 38.1 Å². The third-order valence-corrected chi connectivity index (χ3v) is 6.30. The van der Waals surface area contributed by atoms with Crippen LogP contribution < -0.4 is 14.2 Å². The van der Waals surface area contributed by atoms with Gasteiger partial charge in [-0.1, -0.05) is 18.2 Å². The van der Waals surface area contributed by atoms with Crippen molar-refractivity contribution in [2.75, 3.05) is 13.4 Å². The van der Waals surface area contributed by atoms with E-state index in [0.29, 0.717) is 6.61 Å². The molecular weight excluding hydrogens is 368 g/mol. The summed E-state index contributed by atoms with van der Waals surface area (Å²) in [4.78, 5) is 0. The maximum absolute atomic E-state index is 6.66. The fraction of sp³-hybridized carbons (Fsp3) is 0.435. The van der Waals surface area contributed by atoms with Crippen molar-refractivity contribution in [1.82, 2.24) is 5.01 Å². The molecule has 6 heteroatoms. The summed E-state index contributed by atoms with van der Waals surface area (Å²) in [7, 11) is 0. The van der Waals surface area contributed by atoms with Crippen LogP contribution in [0.15, 0.2) is 47.6 Å². The van der Waals surface area contributed by atoms with Gasteiger partial charge in [0.2, 0.25) is 12.5 Å². The molecule has 0 aromatic heterocycles. The van der Waals surface area contributed by atoms with E-state index < -0.39 is 5.72 Å². The lowest BCUT2D eigenvalue weighted by Gasteiger charge is -2.52. The molecule has 1 fully saturated rings. The normalized spacial score (nSPS) is 28.6. The number of para-hydroxylation sites is 1. The van der Waals surface area contributed by atoms with Crippen LogP contribution in [-0.4, -0.2) is 35.4 Å². The molecular formula is C23H24N2O4. The van der Waals surface area contributed by atoms with Crippen LogP contribution in [0.3, 0.4) is 0 Å². The molecule has 29 heavy (non-hydrogen) atoms. The van der Waals surface area contributed by atoms with Crippen molar-refractivity contribution in [2.24, 2.45) is 5.10 Å². The van der Waals surface area contributed by atoms with E-state index in [1.165, 1.54) is 5.56 Å². The molecule has 0 bridgehead atoms. The predicted octanol–water partition coefficient (Wildman–Crippen LogP) is 4.24. The van der Waals surface area contributed by atoms with Gasteiger partial charge in [0.1, 0.15) is 5.75 Å². The van der Waals surface area contributed by atoms with Crippen molar-refractivity contribution < 1.29 is 18.9 Å². The van der Waals surface area contributed by atoms with Crippen LogP contribution in [-0.2, 0) is 4.74 Å². The molecule has 4 aliphatic heterocycles. The van der Waals surface area contributed by atoms with Crippen molar-refractivity contribution in [3.8, 4) is 17.2 Å². The maximum Gasteiger partial charge on any atom is 0.231 e. The highest BCUT2D eigenvalue weighted by Gasteiger charge is 2.54. The Labute approximate surface area is 170 Å². The minimum Gasteiger partial charge on any atom is -0.466 e. The lowest BCUT2D eigenvalue weighted by Crippen LogP contribution is -2.60. The zero-order chi connectivity index (χ0) is 19.6. The fourth-order valence-corrected chi connectivity index (χ4v) is 5.05. The SMILES string of the molecule is CC1(C)CC2(CCO1)Oc1ccccc1C1CC(c3ccc4c(c3)OCO4)=NN12. The largest absolute Gasteiger partial charge is 0.466 e. The van der Waals surface area contributed by atoms with E-state index in [-0.39, 0.29) is 18.4 Å². The van der Waals surface area contributed by atoms with Crippen molar-refractivity contribution in [3.63, 3.8) is 0 Å². The Morgan fingerprint density at radius 1 is 1.03 bits per heavy atom. The third kappa shape index (κ3) is 2.62. The Balaban J connectivity index is 1.44. The highest BCUT2D eigenvalue weighted by Crippen LogP contribution is 2.52. The quantitative estimate of drug-likeness (QED) is 0.726. The Morgan fingerprint density at radius 2 is 1.90 bits per heavy atom. The smallest absolute Gasteiger partial charge is 0.231 e. The van der Waals surface area contributed by atoms with E-state index in [1.807, 2.05) is 18.2 Å². The topological polar surface area (TPSA) is 52.5 Å². The summed E-state index contributed by atoms with van der Waals surface area (Å²) in [6.45, 7) is 5.20.